The molecule has 0 heterocycles. The van der Waals surface area contributed by atoms with Crippen molar-refractivity contribution in [3.05, 3.63) is 29.8 Å². The average molecular weight is 247 g/mol. The van der Waals surface area contributed by atoms with Crippen molar-refractivity contribution < 1.29 is 9.84 Å². The second-order valence-electron chi connectivity index (χ2n) is 4.35. The lowest BCUT2D eigenvalue weighted by Crippen LogP contribution is -2.21. The topological polar surface area (TPSA) is 41.5 Å². The Labute approximate surface area is 109 Å². The summed E-state index contributed by atoms with van der Waals surface area (Å²) in [6, 6.07) is 7.86. The van der Waals surface area contributed by atoms with Crippen molar-refractivity contribution in [2.75, 3.05) is 19.8 Å². The second kappa shape index (κ2) is 8.57. The summed E-state index contributed by atoms with van der Waals surface area (Å²) in [4.78, 5) is 0. The summed E-state index contributed by atoms with van der Waals surface area (Å²) in [7, 11) is 0. The van der Waals surface area contributed by atoms with E-state index in [-0.39, 0.29) is 13.2 Å². The lowest BCUT2D eigenvalue weighted by Gasteiger charge is -2.13. The second-order valence-corrected chi connectivity index (χ2v) is 4.35. The molecule has 0 aliphatic heterocycles. The average Bonchev–Trinajstić information content (AvgIpc) is 2.38. The van der Waals surface area contributed by atoms with Crippen LogP contribution in [-0.4, -0.2) is 24.9 Å². The third kappa shape index (κ3) is 5.22. The van der Waals surface area contributed by atoms with Crippen LogP contribution in [0.2, 0.25) is 0 Å². The van der Waals surface area contributed by atoms with E-state index in [9.17, 15) is 0 Å². The Hall–Kier alpha value is -1.50. The van der Waals surface area contributed by atoms with E-state index in [1.165, 1.54) is 0 Å². The molecule has 0 fully saturated rings. The largest absolute Gasteiger partial charge is 0.481 e. The van der Waals surface area contributed by atoms with E-state index in [1.54, 1.807) is 0 Å². The van der Waals surface area contributed by atoms with E-state index >= 15 is 0 Å². The van der Waals surface area contributed by atoms with Crippen LogP contribution in [0.25, 0.3) is 0 Å². The molecule has 0 bridgehead atoms. The van der Waals surface area contributed by atoms with Gasteiger partial charge in [0.1, 0.15) is 12.4 Å². The van der Waals surface area contributed by atoms with E-state index < -0.39 is 0 Å². The Morgan fingerprint density at radius 2 is 2.22 bits per heavy atom. The van der Waals surface area contributed by atoms with Crippen LogP contribution in [0.5, 0.6) is 5.75 Å². The van der Waals surface area contributed by atoms with Crippen LogP contribution >= 0.6 is 0 Å². The Morgan fingerprint density at radius 1 is 1.44 bits per heavy atom. The highest BCUT2D eigenvalue weighted by atomic mass is 16.5. The molecule has 18 heavy (non-hydrogen) atoms. The fourth-order valence-electron chi connectivity index (χ4n) is 1.69. The number of benzene rings is 1. The van der Waals surface area contributed by atoms with Gasteiger partial charge in [0.25, 0.3) is 0 Å². The van der Waals surface area contributed by atoms with Crippen molar-refractivity contribution >= 4 is 0 Å². The number of nitrogens with one attached hydrogen (secondary N) is 1. The zero-order valence-electron chi connectivity index (χ0n) is 10.9. The van der Waals surface area contributed by atoms with Gasteiger partial charge in [-0.2, -0.15) is 0 Å². The van der Waals surface area contributed by atoms with E-state index in [0.29, 0.717) is 5.92 Å². The molecular formula is C15H21NO2. The summed E-state index contributed by atoms with van der Waals surface area (Å²) in [6.07, 6.45) is 6.01. The summed E-state index contributed by atoms with van der Waals surface area (Å²) >= 11 is 0. The predicted octanol–water partition coefficient (Wildman–Crippen LogP) is 1.81. The van der Waals surface area contributed by atoms with Crippen LogP contribution in [0, 0.1) is 18.3 Å². The van der Waals surface area contributed by atoms with Crippen LogP contribution in [0.15, 0.2) is 24.3 Å². The number of rotatable bonds is 8. The van der Waals surface area contributed by atoms with Gasteiger partial charge in [-0.05, 0) is 24.9 Å². The zero-order chi connectivity index (χ0) is 13.2. The fourth-order valence-corrected chi connectivity index (χ4v) is 1.69. The number of hydrogen-bond donors (Lipinski definition) is 2. The van der Waals surface area contributed by atoms with Crippen molar-refractivity contribution in [2.24, 2.45) is 5.92 Å². The molecule has 0 amide bonds. The molecule has 1 atom stereocenters. The predicted molar refractivity (Wildman–Crippen MR) is 73.3 cm³/mol. The smallest absolute Gasteiger partial charge is 0.148 e. The van der Waals surface area contributed by atoms with E-state index in [2.05, 4.69) is 18.2 Å². The van der Waals surface area contributed by atoms with E-state index in [1.807, 2.05) is 24.3 Å². The highest BCUT2D eigenvalue weighted by Crippen LogP contribution is 2.17. The zero-order valence-corrected chi connectivity index (χ0v) is 10.9. The first-order valence-corrected chi connectivity index (χ1v) is 6.23. The molecule has 2 N–H and O–H groups in total. The van der Waals surface area contributed by atoms with Crippen molar-refractivity contribution in [3.8, 4) is 18.1 Å². The number of para-hydroxylation sites is 1. The lowest BCUT2D eigenvalue weighted by molar-refractivity contribution is 0.260. The van der Waals surface area contributed by atoms with Crippen LogP contribution in [0.3, 0.4) is 0 Å². The van der Waals surface area contributed by atoms with Crippen LogP contribution in [-0.2, 0) is 6.54 Å². The van der Waals surface area contributed by atoms with E-state index in [4.69, 9.17) is 16.3 Å². The van der Waals surface area contributed by atoms with Gasteiger partial charge >= 0.3 is 0 Å². The fraction of sp³-hybridized carbons (Fsp3) is 0.467. The minimum atomic E-state index is 0.241. The van der Waals surface area contributed by atoms with Gasteiger partial charge in [-0.25, -0.2) is 0 Å². The standard InChI is InChI=1S/C15H21NO2/c1-3-10-18-15-7-5-4-6-14(15)12-16-11-13(2)8-9-17/h1,4-7,13,16-17H,8-12H2,2H3. The van der Waals surface area contributed by atoms with Crippen molar-refractivity contribution in [1.82, 2.24) is 5.32 Å². The Bertz CT molecular complexity index is 384. The number of aliphatic hydroxyl groups is 1. The first-order chi connectivity index (χ1) is 8.77. The van der Waals surface area contributed by atoms with Crippen LogP contribution in [0.1, 0.15) is 18.9 Å². The minimum absolute atomic E-state index is 0.241. The molecule has 1 unspecified atom stereocenters. The molecule has 0 aliphatic rings. The van der Waals surface area contributed by atoms with Gasteiger partial charge in [-0.1, -0.05) is 31.0 Å². The lowest BCUT2D eigenvalue weighted by atomic mass is 10.1. The molecule has 1 aromatic rings. The minimum Gasteiger partial charge on any atom is -0.481 e. The highest BCUT2D eigenvalue weighted by molar-refractivity contribution is 5.33. The summed E-state index contributed by atoms with van der Waals surface area (Å²) in [5.41, 5.74) is 1.10. The molecule has 3 heteroatoms. The van der Waals surface area contributed by atoms with Gasteiger partial charge in [-0.15, -0.1) is 6.42 Å². The third-order valence-corrected chi connectivity index (χ3v) is 2.71. The summed E-state index contributed by atoms with van der Waals surface area (Å²) < 4.78 is 5.48. The Morgan fingerprint density at radius 3 is 2.94 bits per heavy atom. The quantitative estimate of drug-likeness (QED) is 0.688. The monoisotopic (exact) mass is 247 g/mol. The Balaban J connectivity index is 2.43. The van der Waals surface area contributed by atoms with Crippen LogP contribution in [0.4, 0.5) is 0 Å². The molecule has 0 aliphatic carbocycles. The number of aliphatic hydroxyl groups excluding tert-OH is 1. The summed E-state index contributed by atoms with van der Waals surface area (Å²) in [6.45, 7) is 4.27. The highest BCUT2D eigenvalue weighted by Gasteiger charge is 2.04. The SMILES string of the molecule is C#CCOc1ccccc1CNCC(C)CCO. The molecular weight excluding hydrogens is 226 g/mol. The maximum Gasteiger partial charge on any atom is 0.148 e. The summed E-state index contributed by atoms with van der Waals surface area (Å²) in [5.74, 6) is 3.76. The third-order valence-electron chi connectivity index (χ3n) is 2.71. The first-order valence-electron chi connectivity index (χ1n) is 6.23. The molecule has 0 saturated carbocycles. The molecule has 1 aromatic carbocycles. The van der Waals surface area contributed by atoms with Gasteiger partial charge < -0.3 is 15.2 Å². The van der Waals surface area contributed by atoms with Gasteiger partial charge in [0.05, 0.1) is 0 Å². The van der Waals surface area contributed by atoms with Crippen molar-refractivity contribution in [1.29, 1.82) is 0 Å². The van der Waals surface area contributed by atoms with Gasteiger partial charge in [0.2, 0.25) is 0 Å². The van der Waals surface area contributed by atoms with Crippen LogP contribution < -0.4 is 10.1 Å². The Kier molecular flexibility index (Phi) is 6.93. The maximum absolute atomic E-state index is 8.83. The molecule has 1 rings (SSSR count). The normalized spacial score (nSPS) is 11.8. The first kappa shape index (κ1) is 14.6. The molecule has 0 aromatic heterocycles. The number of hydrogen-bond acceptors (Lipinski definition) is 3. The molecule has 0 spiro atoms. The van der Waals surface area contributed by atoms with Crippen molar-refractivity contribution in [2.45, 2.75) is 19.9 Å². The number of terminal acetylenes is 1. The molecule has 3 nitrogen and oxygen atoms in total. The van der Waals surface area contributed by atoms with Gasteiger partial charge in [-0.3, -0.25) is 0 Å². The van der Waals surface area contributed by atoms with E-state index in [0.717, 1.165) is 30.8 Å². The van der Waals surface area contributed by atoms with Gasteiger partial charge in [0.15, 0.2) is 0 Å². The van der Waals surface area contributed by atoms with Crippen molar-refractivity contribution in [3.63, 3.8) is 0 Å². The summed E-state index contributed by atoms with van der Waals surface area (Å²) in [5, 5.41) is 12.2. The molecule has 0 radical (unpaired) electrons. The number of ether oxygens (including phenoxy) is 1. The molecule has 98 valence electrons. The van der Waals surface area contributed by atoms with Gasteiger partial charge in [0, 0.05) is 18.7 Å². The molecule has 0 saturated heterocycles. The maximum atomic E-state index is 8.83.